The topological polar surface area (TPSA) is 50.7 Å². The highest BCUT2D eigenvalue weighted by atomic mass is 16.6. The van der Waals surface area contributed by atoms with Gasteiger partial charge in [0, 0.05) is 5.56 Å². The summed E-state index contributed by atoms with van der Waals surface area (Å²) in [6.45, 7) is 5.49. The molecule has 0 unspecified atom stereocenters. The molecule has 1 aliphatic carbocycles. The number of ether oxygens (including phenoxy) is 1. The average Bonchev–Trinajstić information content (AvgIpc) is 2.34. The van der Waals surface area contributed by atoms with E-state index in [9.17, 15) is 4.79 Å². The molecule has 2 rings (SSSR count). The van der Waals surface area contributed by atoms with E-state index >= 15 is 0 Å². The molecule has 1 amide bonds. The minimum atomic E-state index is -0.511. The summed E-state index contributed by atoms with van der Waals surface area (Å²) in [7, 11) is 0. The van der Waals surface area contributed by atoms with Crippen molar-refractivity contribution in [3.63, 3.8) is 0 Å². The number of hydrogen-bond donors (Lipinski definition) is 1. The van der Waals surface area contributed by atoms with Gasteiger partial charge in [-0.1, -0.05) is 24.3 Å². The third-order valence-electron chi connectivity index (χ3n) is 2.87. The quantitative estimate of drug-likeness (QED) is 0.788. The Hall–Kier alpha value is -1.84. The van der Waals surface area contributed by atoms with Crippen molar-refractivity contribution in [1.82, 2.24) is 5.43 Å². The second kappa shape index (κ2) is 5.43. The van der Waals surface area contributed by atoms with Gasteiger partial charge in [-0.15, -0.1) is 0 Å². The van der Waals surface area contributed by atoms with Crippen molar-refractivity contribution in [3.8, 4) is 0 Å². The van der Waals surface area contributed by atoms with E-state index in [0.717, 1.165) is 30.5 Å². The van der Waals surface area contributed by atoms with Crippen molar-refractivity contribution in [2.75, 3.05) is 0 Å². The molecular weight excluding hydrogens is 240 g/mol. The second-order valence-electron chi connectivity index (χ2n) is 5.68. The fourth-order valence-electron chi connectivity index (χ4n) is 2.13. The molecule has 0 bridgehead atoms. The highest BCUT2D eigenvalue weighted by molar-refractivity contribution is 6.02. The number of nitrogens with one attached hydrogen (secondary N) is 1. The highest BCUT2D eigenvalue weighted by Crippen LogP contribution is 2.21. The molecule has 0 atom stereocenters. The molecule has 0 heterocycles. The summed E-state index contributed by atoms with van der Waals surface area (Å²) in [6, 6.07) is 8.18. The van der Waals surface area contributed by atoms with E-state index in [4.69, 9.17) is 4.74 Å². The Morgan fingerprint density at radius 3 is 2.74 bits per heavy atom. The molecule has 0 aromatic heterocycles. The number of hydrogen-bond acceptors (Lipinski definition) is 3. The molecule has 4 heteroatoms. The lowest BCUT2D eigenvalue weighted by molar-refractivity contribution is 0.0529. The van der Waals surface area contributed by atoms with Crippen LogP contribution in [0.15, 0.2) is 29.4 Å². The minimum Gasteiger partial charge on any atom is -0.443 e. The lowest BCUT2D eigenvalue weighted by Crippen LogP contribution is -2.30. The van der Waals surface area contributed by atoms with Gasteiger partial charge in [-0.05, 0) is 45.6 Å². The van der Waals surface area contributed by atoms with E-state index in [1.807, 2.05) is 39.0 Å². The molecule has 1 N–H and O–H groups in total. The summed E-state index contributed by atoms with van der Waals surface area (Å²) in [5.74, 6) is 0. The number of amides is 1. The van der Waals surface area contributed by atoms with Gasteiger partial charge in [0.15, 0.2) is 0 Å². The Balaban J connectivity index is 2.07. The largest absolute Gasteiger partial charge is 0.443 e. The van der Waals surface area contributed by atoms with E-state index in [2.05, 4.69) is 16.6 Å². The van der Waals surface area contributed by atoms with Crippen LogP contribution in [-0.2, 0) is 11.2 Å². The zero-order valence-electron chi connectivity index (χ0n) is 11.7. The number of carbonyl (C=O) groups is 1. The number of aryl methyl sites for hydroxylation is 1. The van der Waals surface area contributed by atoms with E-state index < -0.39 is 11.7 Å². The lowest BCUT2D eigenvalue weighted by atomic mass is 9.90. The maximum absolute atomic E-state index is 11.6. The highest BCUT2D eigenvalue weighted by Gasteiger charge is 2.17. The van der Waals surface area contributed by atoms with Gasteiger partial charge in [0.2, 0.25) is 0 Å². The van der Waals surface area contributed by atoms with Crippen molar-refractivity contribution < 1.29 is 9.53 Å². The summed E-state index contributed by atoms with van der Waals surface area (Å²) in [4.78, 5) is 11.6. The molecule has 4 nitrogen and oxygen atoms in total. The predicted octanol–water partition coefficient (Wildman–Crippen LogP) is 3.25. The third-order valence-corrected chi connectivity index (χ3v) is 2.87. The molecule has 1 aliphatic rings. The molecule has 0 spiro atoms. The zero-order valence-corrected chi connectivity index (χ0v) is 11.7. The lowest BCUT2D eigenvalue weighted by Gasteiger charge is -2.20. The van der Waals surface area contributed by atoms with E-state index in [1.165, 1.54) is 5.56 Å². The van der Waals surface area contributed by atoms with Crippen LogP contribution in [0, 0.1) is 0 Å². The van der Waals surface area contributed by atoms with Crippen molar-refractivity contribution >= 4 is 11.8 Å². The van der Waals surface area contributed by atoms with Gasteiger partial charge in [-0.25, -0.2) is 10.2 Å². The Kier molecular flexibility index (Phi) is 3.88. The Morgan fingerprint density at radius 1 is 1.26 bits per heavy atom. The van der Waals surface area contributed by atoms with Crippen molar-refractivity contribution in [1.29, 1.82) is 0 Å². The summed E-state index contributed by atoms with van der Waals surface area (Å²) < 4.78 is 5.16. The Morgan fingerprint density at radius 2 is 2.00 bits per heavy atom. The van der Waals surface area contributed by atoms with Gasteiger partial charge in [-0.3, -0.25) is 0 Å². The molecule has 0 fully saturated rings. The van der Waals surface area contributed by atoms with Crippen LogP contribution in [0.3, 0.4) is 0 Å². The predicted molar refractivity (Wildman–Crippen MR) is 75.3 cm³/mol. The first-order valence-corrected chi connectivity index (χ1v) is 6.59. The van der Waals surface area contributed by atoms with Crippen LogP contribution >= 0.6 is 0 Å². The van der Waals surface area contributed by atoms with Gasteiger partial charge in [0.1, 0.15) is 5.60 Å². The van der Waals surface area contributed by atoms with Gasteiger partial charge >= 0.3 is 6.09 Å². The number of hydrazone groups is 1. The summed E-state index contributed by atoms with van der Waals surface area (Å²) in [5.41, 5.74) is 5.31. The molecule has 1 aromatic rings. The standard InChI is InChI=1S/C15H20N2O2/c1-15(2,3)19-14(18)17-16-13-10-6-8-11-7-4-5-9-12(11)13/h4-5,7,9H,6,8,10H2,1-3H3,(H,17,18)/b16-13+. The minimum absolute atomic E-state index is 0.505. The van der Waals surface area contributed by atoms with E-state index in [-0.39, 0.29) is 0 Å². The van der Waals surface area contributed by atoms with Crippen LogP contribution in [0.25, 0.3) is 0 Å². The summed E-state index contributed by atoms with van der Waals surface area (Å²) in [6.07, 6.45) is 2.50. The second-order valence-corrected chi connectivity index (χ2v) is 5.68. The first kappa shape index (κ1) is 13.6. The number of benzene rings is 1. The SMILES string of the molecule is CC(C)(C)OC(=O)N/N=C1\CCCc2ccccc21. The van der Waals surface area contributed by atoms with E-state index in [1.54, 1.807) is 0 Å². The monoisotopic (exact) mass is 260 g/mol. The van der Waals surface area contributed by atoms with Crippen LogP contribution in [0.1, 0.15) is 44.7 Å². The van der Waals surface area contributed by atoms with Crippen LogP contribution in [-0.4, -0.2) is 17.4 Å². The van der Waals surface area contributed by atoms with Crippen molar-refractivity contribution in [2.24, 2.45) is 5.10 Å². The van der Waals surface area contributed by atoms with Crippen LogP contribution in [0.2, 0.25) is 0 Å². The third kappa shape index (κ3) is 3.81. The number of rotatable bonds is 1. The zero-order chi connectivity index (χ0) is 13.9. The van der Waals surface area contributed by atoms with Crippen LogP contribution in [0.4, 0.5) is 4.79 Å². The fourth-order valence-corrected chi connectivity index (χ4v) is 2.13. The van der Waals surface area contributed by atoms with E-state index in [0.29, 0.717) is 0 Å². The normalized spacial score (nSPS) is 16.9. The van der Waals surface area contributed by atoms with Crippen LogP contribution < -0.4 is 5.43 Å². The fraction of sp³-hybridized carbons (Fsp3) is 0.467. The Labute approximate surface area is 113 Å². The van der Waals surface area contributed by atoms with Crippen LogP contribution in [0.5, 0.6) is 0 Å². The number of nitrogens with zero attached hydrogens (tertiary/aromatic N) is 1. The summed E-state index contributed by atoms with van der Waals surface area (Å²) in [5, 5.41) is 4.20. The summed E-state index contributed by atoms with van der Waals surface area (Å²) >= 11 is 0. The van der Waals surface area contributed by atoms with Crippen molar-refractivity contribution in [2.45, 2.75) is 45.6 Å². The first-order chi connectivity index (χ1) is 8.96. The molecule has 102 valence electrons. The van der Waals surface area contributed by atoms with Gasteiger partial charge < -0.3 is 4.74 Å². The molecule has 0 aliphatic heterocycles. The molecule has 1 aromatic carbocycles. The molecule has 19 heavy (non-hydrogen) atoms. The number of fused-ring (bicyclic) bond motifs is 1. The Bertz CT molecular complexity index is 501. The molecule has 0 saturated carbocycles. The maximum atomic E-state index is 11.6. The number of carbonyl (C=O) groups excluding carboxylic acids is 1. The average molecular weight is 260 g/mol. The van der Waals surface area contributed by atoms with Gasteiger partial charge in [0.25, 0.3) is 0 Å². The maximum Gasteiger partial charge on any atom is 0.428 e. The smallest absolute Gasteiger partial charge is 0.428 e. The first-order valence-electron chi connectivity index (χ1n) is 6.59. The molecular formula is C15H20N2O2. The van der Waals surface area contributed by atoms with Gasteiger partial charge in [0.05, 0.1) is 5.71 Å². The molecule has 0 saturated heterocycles. The molecule has 0 radical (unpaired) electrons. The van der Waals surface area contributed by atoms with Crippen molar-refractivity contribution in [3.05, 3.63) is 35.4 Å². The van der Waals surface area contributed by atoms with Gasteiger partial charge in [-0.2, -0.15) is 5.10 Å².